The lowest BCUT2D eigenvalue weighted by Crippen LogP contribution is -2.38. The molecule has 23 heavy (non-hydrogen) atoms. The van der Waals surface area contributed by atoms with Gasteiger partial charge in [-0.05, 0) is 19.1 Å². The third-order valence-corrected chi connectivity index (χ3v) is 4.62. The lowest BCUT2D eigenvalue weighted by molar-refractivity contribution is 0.122. The molecule has 2 aliphatic heterocycles. The highest BCUT2D eigenvalue weighted by atomic mass is 16.5. The number of anilines is 2. The second-order valence-electron chi connectivity index (χ2n) is 6.22. The molecule has 0 bridgehead atoms. The van der Waals surface area contributed by atoms with E-state index in [1.807, 2.05) is 0 Å². The molecule has 0 saturated carbocycles. The van der Waals surface area contributed by atoms with Gasteiger partial charge in [-0.15, -0.1) is 0 Å². The van der Waals surface area contributed by atoms with Crippen LogP contribution < -0.4 is 9.80 Å². The molecular weight excluding hydrogens is 290 g/mol. The van der Waals surface area contributed by atoms with Gasteiger partial charge in [0, 0.05) is 43.3 Å². The van der Waals surface area contributed by atoms with E-state index in [-0.39, 0.29) is 0 Å². The van der Waals surface area contributed by atoms with E-state index in [9.17, 15) is 0 Å². The van der Waals surface area contributed by atoms with Gasteiger partial charge < -0.3 is 19.3 Å². The summed E-state index contributed by atoms with van der Waals surface area (Å²) in [5.74, 6) is 1.06. The van der Waals surface area contributed by atoms with Crippen LogP contribution in [0.1, 0.15) is 5.56 Å². The molecule has 0 spiro atoms. The molecule has 1 aromatic heterocycles. The Labute approximate surface area is 136 Å². The van der Waals surface area contributed by atoms with Crippen LogP contribution in [0.25, 0.3) is 10.9 Å². The molecule has 0 aliphatic carbocycles. The topological polar surface area (TPSA) is 37.8 Å². The van der Waals surface area contributed by atoms with Crippen molar-refractivity contribution in [2.75, 3.05) is 62.4 Å². The maximum atomic E-state index is 5.52. The summed E-state index contributed by atoms with van der Waals surface area (Å²) in [6.07, 6.45) is 0. The van der Waals surface area contributed by atoms with Gasteiger partial charge in [0.15, 0.2) is 0 Å². The fourth-order valence-electron chi connectivity index (χ4n) is 3.33. The molecule has 0 amide bonds. The molecule has 5 heteroatoms. The Bertz CT molecular complexity index is 692. The van der Waals surface area contributed by atoms with E-state index in [4.69, 9.17) is 14.5 Å². The molecule has 2 aromatic rings. The zero-order chi connectivity index (χ0) is 15.6. The molecule has 2 aliphatic rings. The van der Waals surface area contributed by atoms with E-state index in [0.717, 1.165) is 63.9 Å². The van der Waals surface area contributed by atoms with Crippen molar-refractivity contribution in [2.45, 2.75) is 6.92 Å². The normalized spacial score (nSPS) is 19.3. The van der Waals surface area contributed by atoms with Crippen molar-refractivity contribution in [2.24, 2.45) is 0 Å². The number of aryl methyl sites for hydroxylation is 1. The molecule has 1 aromatic carbocycles. The third kappa shape index (κ3) is 2.99. The number of ether oxygens (including phenoxy) is 2. The van der Waals surface area contributed by atoms with Crippen molar-refractivity contribution in [1.29, 1.82) is 0 Å². The molecule has 2 fully saturated rings. The Hall–Kier alpha value is -1.85. The van der Waals surface area contributed by atoms with Crippen LogP contribution in [-0.4, -0.2) is 57.6 Å². The number of morpholine rings is 2. The van der Waals surface area contributed by atoms with E-state index in [1.54, 1.807) is 0 Å². The Morgan fingerprint density at radius 3 is 2.22 bits per heavy atom. The predicted octanol–water partition coefficient (Wildman–Crippen LogP) is 2.22. The van der Waals surface area contributed by atoms with Gasteiger partial charge in [0.1, 0.15) is 5.82 Å². The van der Waals surface area contributed by atoms with Crippen molar-refractivity contribution < 1.29 is 9.47 Å². The average Bonchev–Trinajstić information content (AvgIpc) is 2.62. The highest BCUT2D eigenvalue weighted by Gasteiger charge is 2.19. The van der Waals surface area contributed by atoms with Crippen LogP contribution in [0.15, 0.2) is 24.3 Å². The fraction of sp³-hybridized carbons (Fsp3) is 0.500. The van der Waals surface area contributed by atoms with Crippen molar-refractivity contribution >= 4 is 22.4 Å². The maximum Gasteiger partial charge on any atom is 0.131 e. The number of pyridine rings is 1. The van der Waals surface area contributed by atoms with Crippen molar-refractivity contribution in [3.8, 4) is 0 Å². The van der Waals surface area contributed by atoms with Gasteiger partial charge >= 0.3 is 0 Å². The Balaban J connectivity index is 1.80. The predicted molar refractivity (Wildman–Crippen MR) is 92.5 cm³/mol. The minimum atomic E-state index is 0.778. The van der Waals surface area contributed by atoms with Crippen molar-refractivity contribution in [3.05, 3.63) is 29.8 Å². The molecule has 5 nitrogen and oxygen atoms in total. The van der Waals surface area contributed by atoms with Gasteiger partial charge in [0.2, 0.25) is 0 Å². The van der Waals surface area contributed by atoms with Gasteiger partial charge in [-0.2, -0.15) is 0 Å². The number of aromatic nitrogens is 1. The number of fused-ring (bicyclic) bond motifs is 1. The van der Waals surface area contributed by atoms with E-state index in [1.165, 1.54) is 16.6 Å². The first-order chi connectivity index (χ1) is 11.3. The van der Waals surface area contributed by atoms with Crippen LogP contribution in [0.2, 0.25) is 0 Å². The van der Waals surface area contributed by atoms with Crippen LogP contribution in [0, 0.1) is 6.92 Å². The first-order valence-electron chi connectivity index (χ1n) is 8.38. The lowest BCUT2D eigenvalue weighted by atomic mass is 10.1. The van der Waals surface area contributed by atoms with Gasteiger partial charge in [0.05, 0.1) is 31.9 Å². The minimum absolute atomic E-state index is 0.778. The Morgan fingerprint density at radius 1 is 0.870 bits per heavy atom. The van der Waals surface area contributed by atoms with Gasteiger partial charge in [0.25, 0.3) is 0 Å². The van der Waals surface area contributed by atoms with Crippen LogP contribution >= 0.6 is 0 Å². The molecule has 0 radical (unpaired) electrons. The smallest absolute Gasteiger partial charge is 0.131 e. The number of rotatable bonds is 2. The zero-order valence-electron chi connectivity index (χ0n) is 13.6. The average molecular weight is 313 g/mol. The minimum Gasteiger partial charge on any atom is -0.378 e. The van der Waals surface area contributed by atoms with Gasteiger partial charge in [-0.3, -0.25) is 0 Å². The third-order valence-electron chi connectivity index (χ3n) is 4.62. The maximum absolute atomic E-state index is 5.52. The molecule has 4 rings (SSSR count). The van der Waals surface area contributed by atoms with Crippen LogP contribution in [0.5, 0.6) is 0 Å². The molecular formula is C18H23N3O2. The summed E-state index contributed by atoms with van der Waals surface area (Å²) in [4.78, 5) is 9.66. The van der Waals surface area contributed by atoms with Gasteiger partial charge in [-0.1, -0.05) is 11.6 Å². The zero-order valence-corrected chi connectivity index (χ0v) is 13.6. The SMILES string of the molecule is Cc1ccc2nc(N3CCOCC3)cc(N3CCOCC3)c2c1. The van der Waals surface area contributed by atoms with E-state index in [0.29, 0.717) is 0 Å². The van der Waals surface area contributed by atoms with Crippen molar-refractivity contribution in [3.63, 3.8) is 0 Å². The highest BCUT2D eigenvalue weighted by Crippen LogP contribution is 2.31. The molecule has 0 atom stereocenters. The van der Waals surface area contributed by atoms with Crippen LogP contribution in [0.4, 0.5) is 11.5 Å². The summed E-state index contributed by atoms with van der Waals surface area (Å²) < 4.78 is 11.0. The quantitative estimate of drug-likeness (QED) is 0.850. The summed E-state index contributed by atoms with van der Waals surface area (Å²) >= 11 is 0. The largest absolute Gasteiger partial charge is 0.378 e. The number of benzene rings is 1. The molecule has 2 saturated heterocycles. The van der Waals surface area contributed by atoms with E-state index < -0.39 is 0 Å². The Kier molecular flexibility index (Phi) is 4.06. The first kappa shape index (κ1) is 14.7. The van der Waals surface area contributed by atoms with Crippen LogP contribution in [0.3, 0.4) is 0 Å². The fourth-order valence-corrected chi connectivity index (χ4v) is 3.33. The second kappa shape index (κ2) is 6.34. The van der Waals surface area contributed by atoms with E-state index >= 15 is 0 Å². The highest BCUT2D eigenvalue weighted by molar-refractivity contribution is 5.94. The molecule has 122 valence electrons. The first-order valence-corrected chi connectivity index (χ1v) is 8.38. The summed E-state index contributed by atoms with van der Waals surface area (Å²) in [5, 5.41) is 1.24. The molecule has 0 unspecified atom stereocenters. The second-order valence-corrected chi connectivity index (χ2v) is 6.22. The number of hydrogen-bond donors (Lipinski definition) is 0. The summed E-state index contributed by atoms with van der Waals surface area (Å²) in [5.41, 5.74) is 3.62. The van der Waals surface area contributed by atoms with Crippen molar-refractivity contribution in [1.82, 2.24) is 4.98 Å². The summed E-state index contributed by atoms with van der Waals surface area (Å²) in [6, 6.07) is 8.77. The Morgan fingerprint density at radius 2 is 1.52 bits per heavy atom. The van der Waals surface area contributed by atoms with Gasteiger partial charge in [-0.25, -0.2) is 4.98 Å². The molecule has 3 heterocycles. The summed E-state index contributed by atoms with van der Waals surface area (Å²) in [6.45, 7) is 8.98. The number of hydrogen-bond acceptors (Lipinski definition) is 5. The monoisotopic (exact) mass is 313 g/mol. The van der Waals surface area contributed by atoms with Crippen LogP contribution in [-0.2, 0) is 9.47 Å². The van der Waals surface area contributed by atoms with E-state index in [2.05, 4.69) is 41.0 Å². The number of nitrogens with zero attached hydrogens (tertiary/aromatic N) is 3. The standard InChI is InChI=1S/C18H23N3O2/c1-14-2-3-16-15(12-14)17(20-4-8-22-9-5-20)13-18(19-16)21-6-10-23-11-7-21/h2-3,12-13H,4-11H2,1H3. The summed E-state index contributed by atoms with van der Waals surface area (Å²) in [7, 11) is 0. The lowest BCUT2D eigenvalue weighted by Gasteiger charge is -2.32. The molecule has 0 N–H and O–H groups in total.